The summed E-state index contributed by atoms with van der Waals surface area (Å²) < 4.78 is 5.01. The number of ether oxygens (including phenoxy) is 1. The maximum Gasteiger partial charge on any atom is 0.0741 e. The largest absolute Gasteiger partial charge is 0.396 e. The molecule has 0 heterocycles. The SMILES string of the molecule is COCC(CCO)NC(C)C(C)(C)O. The highest BCUT2D eigenvalue weighted by Crippen LogP contribution is 2.09. The number of aliphatic hydroxyl groups excluding tert-OH is 1. The molecule has 86 valence electrons. The highest BCUT2D eigenvalue weighted by atomic mass is 16.5. The Kier molecular flexibility index (Phi) is 6.27. The van der Waals surface area contributed by atoms with Crippen LogP contribution in [-0.4, -0.2) is 48.2 Å². The molecule has 0 bridgehead atoms. The summed E-state index contributed by atoms with van der Waals surface area (Å²) in [5.74, 6) is 0. The standard InChI is InChI=1S/C10H23NO3/c1-8(10(2,3)13)11-9(5-6-12)7-14-4/h8-9,11-13H,5-7H2,1-4H3. The van der Waals surface area contributed by atoms with Gasteiger partial charge in [-0.25, -0.2) is 0 Å². The fourth-order valence-corrected chi connectivity index (χ4v) is 1.13. The Balaban J connectivity index is 4.01. The molecule has 0 aliphatic heterocycles. The van der Waals surface area contributed by atoms with Gasteiger partial charge < -0.3 is 20.3 Å². The average molecular weight is 205 g/mol. The molecule has 0 aromatic rings. The lowest BCUT2D eigenvalue weighted by molar-refractivity contribution is 0.0315. The van der Waals surface area contributed by atoms with E-state index in [1.54, 1.807) is 21.0 Å². The van der Waals surface area contributed by atoms with E-state index in [1.165, 1.54) is 0 Å². The maximum absolute atomic E-state index is 9.71. The first-order valence-electron chi connectivity index (χ1n) is 5.00. The fourth-order valence-electron chi connectivity index (χ4n) is 1.13. The van der Waals surface area contributed by atoms with Crippen LogP contribution in [-0.2, 0) is 4.74 Å². The van der Waals surface area contributed by atoms with Gasteiger partial charge in [-0.3, -0.25) is 0 Å². The summed E-state index contributed by atoms with van der Waals surface area (Å²) in [6, 6.07) is 0.0561. The summed E-state index contributed by atoms with van der Waals surface area (Å²) in [5, 5.41) is 21.8. The summed E-state index contributed by atoms with van der Waals surface area (Å²) >= 11 is 0. The van der Waals surface area contributed by atoms with E-state index >= 15 is 0 Å². The molecule has 0 aromatic heterocycles. The van der Waals surface area contributed by atoms with Gasteiger partial charge in [0.1, 0.15) is 0 Å². The fraction of sp³-hybridized carbons (Fsp3) is 1.00. The van der Waals surface area contributed by atoms with Gasteiger partial charge in [0.2, 0.25) is 0 Å². The van der Waals surface area contributed by atoms with E-state index in [1.807, 2.05) is 6.92 Å². The molecule has 0 aliphatic carbocycles. The predicted molar refractivity (Wildman–Crippen MR) is 56.3 cm³/mol. The van der Waals surface area contributed by atoms with Crippen LogP contribution in [0.2, 0.25) is 0 Å². The molecule has 14 heavy (non-hydrogen) atoms. The van der Waals surface area contributed by atoms with Gasteiger partial charge in [0, 0.05) is 25.8 Å². The number of rotatable bonds is 7. The van der Waals surface area contributed by atoms with Crippen molar-refractivity contribution in [2.45, 2.75) is 44.9 Å². The average Bonchev–Trinajstić information content (AvgIpc) is 2.03. The molecule has 2 unspecified atom stereocenters. The van der Waals surface area contributed by atoms with Crippen LogP contribution < -0.4 is 5.32 Å². The van der Waals surface area contributed by atoms with Crippen molar-refractivity contribution in [1.29, 1.82) is 0 Å². The second kappa shape index (κ2) is 6.35. The van der Waals surface area contributed by atoms with Gasteiger partial charge in [0.25, 0.3) is 0 Å². The summed E-state index contributed by atoms with van der Waals surface area (Å²) in [6.45, 7) is 6.10. The van der Waals surface area contributed by atoms with Crippen LogP contribution in [0.15, 0.2) is 0 Å². The third-order valence-corrected chi connectivity index (χ3v) is 2.39. The van der Waals surface area contributed by atoms with E-state index in [0.717, 1.165) is 0 Å². The van der Waals surface area contributed by atoms with Gasteiger partial charge >= 0.3 is 0 Å². The van der Waals surface area contributed by atoms with Crippen molar-refractivity contribution in [3.63, 3.8) is 0 Å². The highest BCUT2D eigenvalue weighted by Gasteiger charge is 2.24. The van der Waals surface area contributed by atoms with E-state index in [-0.39, 0.29) is 18.7 Å². The molecule has 2 atom stereocenters. The maximum atomic E-state index is 9.71. The van der Waals surface area contributed by atoms with Crippen molar-refractivity contribution in [2.75, 3.05) is 20.3 Å². The first kappa shape index (κ1) is 13.8. The van der Waals surface area contributed by atoms with Crippen molar-refractivity contribution < 1.29 is 14.9 Å². The Morgan fingerprint density at radius 3 is 2.36 bits per heavy atom. The van der Waals surface area contributed by atoms with Crippen molar-refractivity contribution in [3.05, 3.63) is 0 Å². The van der Waals surface area contributed by atoms with E-state index in [2.05, 4.69) is 5.32 Å². The Morgan fingerprint density at radius 2 is 2.00 bits per heavy atom. The van der Waals surface area contributed by atoms with Crippen molar-refractivity contribution >= 4 is 0 Å². The molecular weight excluding hydrogens is 182 g/mol. The summed E-state index contributed by atoms with van der Waals surface area (Å²) in [6.07, 6.45) is 0.633. The third kappa shape index (κ3) is 5.54. The molecule has 4 nitrogen and oxygen atoms in total. The lowest BCUT2D eigenvalue weighted by Crippen LogP contribution is -2.50. The minimum Gasteiger partial charge on any atom is -0.396 e. The molecule has 0 saturated carbocycles. The van der Waals surface area contributed by atoms with Crippen molar-refractivity contribution in [3.8, 4) is 0 Å². The van der Waals surface area contributed by atoms with Crippen LogP contribution in [0.3, 0.4) is 0 Å². The molecule has 0 aromatic carbocycles. The zero-order chi connectivity index (χ0) is 11.2. The van der Waals surface area contributed by atoms with Gasteiger partial charge in [0.15, 0.2) is 0 Å². The normalized spacial score (nSPS) is 16.7. The van der Waals surface area contributed by atoms with E-state index in [0.29, 0.717) is 13.0 Å². The van der Waals surface area contributed by atoms with E-state index < -0.39 is 5.60 Å². The Morgan fingerprint density at radius 1 is 1.43 bits per heavy atom. The minimum atomic E-state index is -0.762. The second-order valence-corrected chi connectivity index (χ2v) is 4.21. The monoisotopic (exact) mass is 205 g/mol. The van der Waals surface area contributed by atoms with E-state index in [4.69, 9.17) is 9.84 Å². The van der Waals surface area contributed by atoms with Crippen molar-refractivity contribution in [1.82, 2.24) is 5.32 Å². The molecule has 0 saturated heterocycles. The molecular formula is C10H23NO3. The van der Waals surface area contributed by atoms with Crippen LogP contribution in [0.1, 0.15) is 27.2 Å². The Labute approximate surface area is 86.3 Å². The van der Waals surface area contributed by atoms with Crippen LogP contribution >= 0.6 is 0 Å². The summed E-state index contributed by atoms with van der Waals surface area (Å²) in [7, 11) is 1.63. The predicted octanol–water partition coefficient (Wildman–Crippen LogP) is 0.133. The van der Waals surface area contributed by atoms with Crippen molar-refractivity contribution in [2.24, 2.45) is 0 Å². The van der Waals surface area contributed by atoms with Gasteiger partial charge in [0.05, 0.1) is 12.2 Å². The van der Waals surface area contributed by atoms with Gasteiger partial charge in [-0.15, -0.1) is 0 Å². The van der Waals surface area contributed by atoms with Crippen LogP contribution in [0.5, 0.6) is 0 Å². The van der Waals surface area contributed by atoms with E-state index in [9.17, 15) is 5.11 Å². The molecule has 0 fully saturated rings. The van der Waals surface area contributed by atoms with Gasteiger partial charge in [-0.1, -0.05) is 0 Å². The minimum absolute atomic E-state index is 0.0331. The number of hydrogen-bond donors (Lipinski definition) is 3. The molecule has 3 N–H and O–H groups in total. The Bertz CT molecular complexity index is 139. The molecule has 0 aliphatic rings. The topological polar surface area (TPSA) is 61.7 Å². The molecule has 4 heteroatoms. The third-order valence-electron chi connectivity index (χ3n) is 2.39. The number of hydrogen-bond acceptors (Lipinski definition) is 4. The van der Waals surface area contributed by atoms with Gasteiger partial charge in [-0.2, -0.15) is 0 Å². The number of nitrogens with one attached hydrogen (secondary N) is 1. The first-order valence-corrected chi connectivity index (χ1v) is 5.00. The number of aliphatic hydroxyl groups is 2. The molecule has 0 spiro atoms. The first-order chi connectivity index (χ1) is 6.41. The lowest BCUT2D eigenvalue weighted by atomic mass is 9.99. The molecule has 0 radical (unpaired) electrons. The zero-order valence-corrected chi connectivity index (χ0v) is 9.58. The summed E-state index contributed by atoms with van der Waals surface area (Å²) in [4.78, 5) is 0. The smallest absolute Gasteiger partial charge is 0.0741 e. The Hall–Kier alpha value is -0.160. The van der Waals surface area contributed by atoms with Crippen LogP contribution in [0.25, 0.3) is 0 Å². The van der Waals surface area contributed by atoms with Crippen LogP contribution in [0, 0.1) is 0 Å². The molecule has 0 amide bonds. The van der Waals surface area contributed by atoms with Gasteiger partial charge in [-0.05, 0) is 27.2 Å². The zero-order valence-electron chi connectivity index (χ0n) is 9.58. The lowest BCUT2D eigenvalue weighted by Gasteiger charge is -2.30. The quantitative estimate of drug-likeness (QED) is 0.553. The highest BCUT2D eigenvalue weighted by molar-refractivity contribution is 4.82. The molecule has 0 rings (SSSR count). The second-order valence-electron chi connectivity index (χ2n) is 4.21. The summed E-state index contributed by atoms with van der Waals surface area (Å²) in [5.41, 5.74) is -0.762. The van der Waals surface area contributed by atoms with Crippen LogP contribution in [0.4, 0.5) is 0 Å². The number of methoxy groups -OCH3 is 1.